The summed E-state index contributed by atoms with van der Waals surface area (Å²) in [6.07, 6.45) is 3.78. The summed E-state index contributed by atoms with van der Waals surface area (Å²) in [7, 11) is 0. The van der Waals surface area contributed by atoms with Crippen LogP contribution in [-0.4, -0.2) is 0 Å². The van der Waals surface area contributed by atoms with Gasteiger partial charge in [0, 0.05) is 5.41 Å². The van der Waals surface area contributed by atoms with Gasteiger partial charge in [0.15, 0.2) is 0 Å². The fourth-order valence-electron chi connectivity index (χ4n) is 7.66. The van der Waals surface area contributed by atoms with Crippen LogP contribution in [0.15, 0.2) is 120 Å². The van der Waals surface area contributed by atoms with Gasteiger partial charge in [-0.25, -0.2) is 5.57 Å². The molecule has 0 radical (unpaired) electrons. The van der Waals surface area contributed by atoms with Crippen LogP contribution < -0.4 is 24.8 Å². The van der Waals surface area contributed by atoms with Crippen LogP contribution >= 0.6 is 0 Å². The Kier molecular flexibility index (Phi) is 11.6. The molecular formula is C44H48Cl2Zr. The van der Waals surface area contributed by atoms with E-state index in [0.29, 0.717) is 5.92 Å². The summed E-state index contributed by atoms with van der Waals surface area (Å²) in [6.45, 7) is 23.0. The number of fused-ring (bicyclic) bond motifs is 4. The third kappa shape index (κ3) is 6.67. The SMILES string of the molecule is CC(C)(C)c1ccc2[cH-]c3cccc(C(C)(C)C)c3c2c1.CC1[C-]=C2C(C(C)(C)C)=C1C2(c1ccccc1)c1ccccc1.[Cl-].[Cl-].[Zr+4]. The van der Waals surface area contributed by atoms with Crippen LogP contribution in [0.2, 0.25) is 0 Å². The van der Waals surface area contributed by atoms with Crippen molar-refractivity contribution in [3.63, 3.8) is 0 Å². The van der Waals surface area contributed by atoms with Crippen LogP contribution in [0.3, 0.4) is 0 Å². The van der Waals surface area contributed by atoms with E-state index in [4.69, 9.17) is 0 Å². The summed E-state index contributed by atoms with van der Waals surface area (Å²) >= 11 is 0. The quantitative estimate of drug-likeness (QED) is 0.195. The molecule has 3 heteroatoms. The van der Waals surface area contributed by atoms with Gasteiger partial charge in [-0.3, -0.25) is 6.08 Å². The number of allylic oxidation sites excluding steroid dienone is 4. The Bertz CT molecular complexity index is 1860. The molecule has 0 saturated carbocycles. The molecule has 0 nitrogen and oxygen atoms in total. The summed E-state index contributed by atoms with van der Waals surface area (Å²) < 4.78 is 0. The second-order valence-corrected chi connectivity index (χ2v) is 16.0. The maximum atomic E-state index is 3.78. The van der Waals surface area contributed by atoms with Crippen molar-refractivity contribution in [3.8, 4) is 0 Å². The molecule has 2 bridgehead atoms. The van der Waals surface area contributed by atoms with Crippen molar-refractivity contribution in [3.05, 3.63) is 148 Å². The van der Waals surface area contributed by atoms with E-state index < -0.39 is 0 Å². The molecule has 3 aliphatic rings. The van der Waals surface area contributed by atoms with Crippen LogP contribution in [0.1, 0.15) is 91.5 Å². The fourth-order valence-corrected chi connectivity index (χ4v) is 7.66. The molecule has 5 aromatic rings. The zero-order valence-electron chi connectivity index (χ0n) is 29.6. The molecule has 0 fully saturated rings. The van der Waals surface area contributed by atoms with E-state index in [9.17, 15) is 0 Å². The van der Waals surface area contributed by atoms with E-state index >= 15 is 0 Å². The first-order valence-electron chi connectivity index (χ1n) is 16.3. The van der Waals surface area contributed by atoms with Gasteiger partial charge in [0.1, 0.15) is 0 Å². The summed E-state index contributed by atoms with van der Waals surface area (Å²) in [5.41, 5.74) is 10.5. The van der Waals surface area contributed by atoms with Crippen LogP contribution in [0.4, 0.5) is 0 Å². The van der Waals surface area contributed by atoms with Crippen molar-refractivity contribution in [2.45, 2.75) is 85.5 Å². The Morgan fingerprint density at radius 2 is 1.17 bits per heavy atom. The van der Waals surface area contributed by atoms with Crippen LogP contribution in [-0.2, 0) is 42.4 Å². The van der Waals surface area contributed by atoms with Gasteiger partial charge in [-0.15, -0.1) is 45.3 Å². The first-order chi connectivity index (χ1) is 20.6. The number of halogens is 2. The van der Waals surface area contributed by atoms with Gasteiger partial charge in [-0.2, -0.15) is 5.57 Å². The normalized spacial score (nSPS) is 16.6. The fraction of sp³-hybridized carbons (Fsp3) is 0.341. The van der Waals surface area contributed by atoms with Crippen LogP contribution in [0, 0.1) is 17.4 Å². The van der Waals surface area contributed by atoms with Gasteiger partial charge < -0.3 is 24.8 Å². The Morgan fingerprint density at radius 3 is 1.62 bits per heavy atom. The largest absolute Gasteiger partial charge is 4.00 e. The molecule has 242 valence electrons. The van der Waals surface area contributed by atoms with Gasteiger partial charge in [-0.05, 0) is 22.0 Å². The molecule has 8 rings (SSSR count). The number of rotatable bonds is 2. The van der Waals surface area contributed by atoms with Gasteiger partial charge in [0.25, 0.3) is 0 Å². The molecule has 0 N–H and O–H groups in total. The molecule has 0 aromatic heterocycles. The molecule has 0 amide bonds. The predicted molar refractivity (Wildman–Crippen MR) is 191 cm³/mol. The van der Waals surface area contributed by atoms with Gasteiger partial charge >= 0.3 is 26.2 Å². The van der Waals surface area contributed by atoms with Crippen molar-refractivity contribution in [2.75, 3.05) is 0 Å². The first-order valence-corrected chi connectivity index (χ1v) is 16.3. The van der Waals surface area contributed by atoms with Crippen molar-refractivity contribution in [1.29, 1.82) is 0 Å². The average Bonchev–Trinajstić information content (AvgIpc) is 3.61. The minimum atomic E-state index is -0.0788. The average molecular weight is 739 g/mol. The maximum Gasteiger partial charge on any atom is 4.00 e. The second-order valence-electron chi connectivity index (χ2n) is 16.0. The molecule has 0 spiro atoms. The molecule has 47 heavy (non-hydrogen) atoms. The van der Waals surface area contributed by atoms with Crippen molar-refractivity contribution in [1.82, 2.24) is 0 Å². The van der Waals surface area contributed by atoms with Crippen molar-refractivity contribution >= 4 is 21.5 Å². The summed E-state index contributed by atoms with van der Waals surface area (Å²) in [5.74, 6) is 0.402. The Balaban J connectivity index is 0.000000241. The smallest absolute Gasteiger partial charge is 1.00 e. The van der Waals surface area contributed by atoms with E-state index in [1.54, 1.807) is 5.57 Å². The summed E-state index contributed by atoms with van der Waals surface area (Å²) in [4.78, 5) is 0. The molecular weight excluding hydrogens is 691 g/mol. The third-order valence-corrected chi connectivity index (χ3v) is 9.66. The molecule has 1 unspecified atom stereocenters. The third-order valence-electron chi connectivity index (χ3n) is 9.66. The topological polar surface area (TPSA) is 0 Å². The van der Waals surface area contributed by atoms with Gasteiger partial charge in [0.2, 0.25) is 0 Å². The van der Waals surface area contributed by atoms with E-state index in [0.717, 1.165) is 0 Å². The van der Waals surface area contributed by atoms with E-state index in [2.05, 4.69) is 178 Å². The first kappa shape index (κ1) is 39.1. The zero-order valence-corrected chi connectivity index (χ0v) is 33.6. The number of hydrogen-bond acceptors (Lipinski definition) is 0. The summed E-state index contributed by atoms with van der Waals surface area (Å²) in [5, 5.41) is 5.56. The molecule has 0 saturated heterocycles. The van der Waals surface area contributed by atoms with E-state index in [-0.39, 0.29) is 72.7 Å². The van der Waals surface area contributed by atoms with Crippen molar-refractivity contribution < 1.29 is 51.0 Å². The van der Waals surface area contributed by atoms with Gasteiger partial charge in [0.05, 0.1) is 0 Å². The Hall–Kier alpha value is -2.31. The molecule has 3 aliphatic carbocycles. The predicted octanol–water partition coefficient (Wildman–Crippen LogP) is 6.02. The van der Waals surface area contributed by atoms with Gasteiger partial charge in [-0.1, -0.05) is 177 Å². The molecule has 5 aromatic carbocycles. The number of hydrogen-bond donors (Lipinski definition) is 0. The van der Waals surface area contributed by atoms with E-state index in [1.165, 1.54) is 54.9 Å². The second kappa shape index (κ2) is 13.9. The molecule has 1 atom stereocenters. The summed E-state index contributed by atoms with van der Waals surface area (Å²) in [6, 6.07) is 37.9. The zero-order chi connectivity index (χ0) is 31.7. The minimum absolute atomic E-state index is 0. The standard InChI is InChI=1S/C23H23.C21H25.2ClH.Zr/c1-16-15-19-21(22(2,3)4)20(16)23(19,17-11-7-5-8-12-17)18-13-9-6-10-14-18;1-20(2,3)16-11-10-14-12-15-8-7-9-18(21(4,5)6)19(15)17(14)13-16;;;/h5-14,16H,1-4H3;7-13H,1-6H3;2*1H;/q2*-1;;;+4/p-2. The Morgan fingerprint density at radius 1 is 0.617 bits per heavy atom. The van der Waals surface area contributed by atoms with Crippen molar-refractivity contribution in [2.24, 2.45) is 11.3 Å². The van der Waals surface area contributed by atoms with Crippen LogP contribution in [0.5, 0.6) is 0 Å². The molecule has 0 aliphatic heterocycles. The Labute approximate surface area is 315 Å². The molecule has 0 heterocycles. The maximum absolute atomic E-state index is 3.78. The number of benzene rings is 4. The minimum Gasteiger partial charge on any atom is -1.00 e. The van der Waals surface area contributed by atoms with Crippen LogP contribution in [0.25, 0.3) is 21.5 Å². The monoisotopic (exact) mass is 736 g/mol. The van der Waals surface area contributed by atoms with E-state index in [1.807, 2.05) is 0 Å².